The summed E-state index contributed by atoms with van der Waals surface area (Å²) in [6.45, 7) is 11.1. The van der Waals surface area contributed by atoms with Gasteiger partial charge in [-0.05, 0) is 11.3 Å². The fourth-order valence-corrected chi connectivity index (χ4v) is 1.65. The third-order valence-electron chi connectivity index (χ3n) is 2.27. The monoisotopic (exact) mass is 158 g/mol. The van der Waals surface area contributed by atoms with Crippen LogP contribution in [0.4, 0.5) is 0 Å². The van der Waals surface area contributed by atoms with Gasteiger partial charge in [0, 0.05) is 7.11 Å². The van der Waals surface area contributed by atoms with Gasteiger partial charge >= 0.3 is 0 Å². The van der Waals surface area contributed by atoms with E-state index in [0.29, 0.717) is 12.0 Å². The first-order chi connectivity index (χ1) is 4.93. The zero-order valence-electron chi connectivity index (χ0n) is 8.77. The van der Waals surface area contributed by atoms with Gasteiger partial charge < -0.3 is 4.74 Å². The molecule has 1 nitrogen and oxygen atoms in total. The molecule has 0 aliphatic carbocycles. The Bertz CT molecular complexity index is 102. The SMILES string of the molecule is CC[C@@H](C)[C@@H](OC)C(C)(C)C. The van der Waals surface area contributed by atoms with Crippen LogP contribution >= 0.6 is 0 Å². The second-order valence-corrected chi connectivity index (χ2v) is 4.41. The van der Waals surface area contributed by atoms with Gasteiger partial charge in [0.15, 0.2) is 0 Å². The van der Waals surface area contributed by atoms with Crippen molar-refractivity contribution in [2.24, 2.45) is 11.3 Å². The Kier molecular flexibility index (Phi) is 4.09. The van der Waals surface area contributed by atoms with Crippen molar-refractivity contribution >= 4 is 0 Å². The molecule has 0 unspecified atom stereocenters. The van der Waals surface area contributed by atoms with Crippen LogP contribution in [0.1, 0.15) is 41.0 Å². The van der Waals surface area contributed by atoms with Gasteiger partial charge in [-0.2, -0.15) is 0 Å². The molecule has 11 heavy (non-hydrogen) atoms. The van der Waals surface area contributed by atoms with Crippen LogP contribution in [0.15, 0.2) is 0 Å². The Morgan fingerprint density at radius 3 is 1.82 bits per heavy atom. The van der Waals surface area contributed by atoms with Crippen molar-refractivity contribution in [1.82, 2.24) is 0 Å². The predicted molar refractivity (Wildman–Crippen MR) is 49.7 cm³/mol. The molecule has 0 aromatic carbocycles. The smallest absolute Gasteiger partial charge is 0.0644 e. The van der Waals surface area contributed by atoms with Crippen molar-refractivity contribution in [3.05, 3.63) is 0 Å². The second-order valence-electron chi connectivity index (χ2n) is 4.41. The molecule has 0 saturated heterocycles. The first kappa shape index (κ1) is 11.0. The van der Waals surface area contributed by atoms with Crippen LogP contribution in [-0.4, -0.2) is 13.2 Å². The molecule has 0 heterocycles. The first-order valence-electron chi connectivity index (χ1n) is 4.46. The number of rotatable bonds is 3. The molecule has 0 aromatic rings. The zero-order valence-corrected chi connectivity index (χ0v) is 8.77. The minimum absolute atomic E-state index is 0.268. The van der Waals surface area contributed by atoms with Crippen molar-refractivity contribution in [3.8, 4) is 0 Å². The van der Waals surface area contributed by atoms with E-state index in [1.165, 1.54) is 6.42 Å². The quantitative estimate of drug-likeness (QED) is 0.613. The summed E-state index contributed by atoms with van der Waals surface area (Å²) >= 11 is 0. The molecule has 0 bridgehead atoms. The normalized spacial score (nSPS) is 18.0. The summed E-state index contributed by atoms with van der Waals surface area (Å²) in [4.78, 5) is 0. The summed E-state index contributed by atoms with van der Waals surface area (Å²) in [5.41, 5.74) is 0.268. The van der Waals surface area contributed by atoms with Crippen LogP contribution in [0.5, 0.6) is 0 Å². The lowest BCUT2D eigenvalue weighted by molar-refractivity contribution is -0.0221. The largest absolute Gasteiger partial charge is 0.381 e. The van der Waals surface area contributed by atoms with Crippen LogP contribution in [-0.2, 0) is 4.74 Å². The Labute approximate surface area is 71.1 Å². The molecule has 68 valence electrons. The lowest BCUT2D eigenvalue weighted by Gasteiger charge is -2.33. The molecular formula is C10H22O. The van der Waals surface area contributed by atoms with E-state index in [9.17, 15) is 0 Å². The van der Waals surface area contributed by atoms with Crippen LogP contribution in [0, 0.1) is 11.3 Å². The second kappa shape index (κ2) is 4.10. The highest BCUT2D eigenvalue weighted by Crippen LogP contribution is 2.28. The first-order valence-corrected chi connectivity index (χ1v) is 4.46. The van der Waals surface area contributed by atoms with Gasteiger partial charge in [-0.25, -0.2) is 0 Å². The van der Waals surface area contributed by atoms with Gasteiger partial charge in [-0.1, -0.05) is 41.0 Å². The standard InChI is InChI=1S/C10H22O/c1-7-8(2)9(11-6)10(3,4)5/h8-9H,7H2,1-6H3/t8-,9-/m1/s1. The molecule has 0 aliphatic rings. The molecule has 0 saturated carbocycles. The summed E-state index contributed by atoms with van der Waals surface area (Å²) in [6, 6.07) is 0. The molecular weight excluding hydrogens is 136 g/mol. The molecule has 0 fully saturated rings. The van der Waals surface area contributed by atoms with E-state index >= 15 is 0 Å². The van der Waals surface area contributed by atoms with Crippen LogP contribution in [0.25, 0.3) is 0 Å². The number of hydrogen-bond acceptors (Lipinski definition) is 1. The van der Waals surface area contributed by atoms with Crippen molar-refractivity contribution in [3.63, 3.8) is 0 Å². The minimum atomic E-state index is 0.268. The van der Waals surface area contributed by atoms with Crippen LogP contribution in [0.3, 0.4) is 0 Å². The molecule has 0 aliphatic heterocycles. The maximum atomic E-state index is 5.47. The number of methoxy groups -OCH3 is 1. The van der Waals surface area contributed by atoms with Crippen molar-refractivity contribution < 1.29 is 4.74 Å². The Hall–Kier alpha value is -0.0400. The molecule has 2 atom stereocenters. The molecule has 0 rings (SSSR count). The lowest BCUT2D eigenvalue weighted by atomic mass is 9.81. The topological polar surface area (TPSA) is 9.23 Å². The summed E-state index contributed by atoms with van der Waals surface area (Å²) in [5.74, 6) is 0.653. The third kappa shape index (κ3) is 3.24. The van der Waals surface area contributed by atoms with Gasteiger partial charge in [0.1, 0.15) is 0 Å². The molecule has 0 spiro atoms. The summed E-state index contributed by atoms with van der Waals surface area (Å²) in [7, 11) is 1.81. The van der Waals surface area contributed by atoms with E-state index in [4.69, 9.17) is 4.74 Å². The Balaban J connectivity index is 4.16. The van der Waals surface area contributed by atoms with Gasteiger partial charge in [-0.3, -0.25) is 0 Å². The lowest BCUT2D eigenvalue weighted by Crippen LogP contribution is -2.34. The highest BCUT2D eigenvalue weighted by molar-refractivity contribution is 4.78. The van der Waals surface area contributed by atoms with Gasteiger partial charge in [0.25, 0.3) is 0 Å². The number of hydrogen-bond donors (Lipinski definition) is 0. The molecule has 0 N–H and O–H groups in total. The fraction of sp³-hybridized carbons (Fsp3) is 1.00. The fourth-order valence-electron chi connectivity index (χ4n) is 1.65. The average molecular weight is 158 g/mol. The van der Waals surface area contributed by atoms with Crippen molar-refractivity contribution in [1.29, 1.82) is 0 Å². The highest BCUT2D eigenvalue weighted by Gasteiger charge is 2.28. The van der Waals surface area contributed by atoms with E-state index in [-0.39, 0.29) is 5.41 Å². The summed E-state index contributed by atoms with van der Waals surface area (Å²) in [5, 5.41) is 0. The molecule has 0 radical (unpaired) electrons. The summed E-state index contributed by atoms with van der Waals surface area (Å²) < 4.78 is 5.47. The highest BCUT2D eigenvalue weighted by atomic mass is 16.5. The van der Waals surface area contributed by atoms with E-state index in [2.05, 4.69) is 34.6 Å². The van der Waals surface area contributed by atoms with E-state index in [1.54, 1.807) is 0 Å². The van der Waals surface area contributed by atoms with Crippen LogP contribution < -0.4 is 0 Å². The maximum absolute atomic E-state index is 5.47. The van der Waals surface area contributed by atoms with E-state index in [1.807, 2.05) is 7.11 Å². The number of ether oxygens (including phenoxy) is 1. The van der Waals surface area contributed by atoms with Gasteiger partial charge in [0.2, 0.25) is 0 Å². The maximum Gasteiger partial charge on any atom is 0.0644 e. The van der Waals surface area contributed by atoms with Crippen LogP contribution in [0.2, 0.25) is 0 Å². The van der Waals surface area contributed by atoms with E-state index < -0.39 is 0 Å². The predicted octanol–water partition coefficient (Wildman–Crippen LogP) is 3.09. The van der Waals surface area contributed by atoms with Crippen molar-refractivity contribution in [2.75, 3.05) is 7.11 Å². The van der Waals surface area contributed by atoms with E-state index in [0.717, 1.165) is 0 Å². The minimum Gasteiger partial charge on any atom is -0.381 e. The summed E-state index contributed by atoms with van der Waals surface area (Å²) in [6.07, 6.45) is 1.57. The van der Waals surface area contributed by atoms with Gasteiger partial charge in [-0.15, -0.1) is 0 Å². The van der Waals surface area contributed by atoms with Crippen molar-refractivity contribution in [2.45, 2.75) is 47.1 Å². The third-order valence-corrected chi connectivity index (χ3v) is 2.27. The average Bonchev–Trinajstić information content (AvgIpc) is 1.86. The Morgan fingerprint density at radius 2 is 1.73 bits per heavy atom. The molecule has 1 heteroatoms. The zero-order chi connectivity index (χ0) is 9.07. The molecule has 0 aromatic heterocycles. The Morgan fingerprint density at radius 1 is 1.27 bits per heavy atom. The molecule has 0 amide bonds. The van der Waals surface area contributed by atoms with Gasteiger partial charge in [0.05, 0.1) is 6.10 Å².